The smallest absolute Gasteiger partial charge is 0.335 e. The van der Waals surface area contributed by atoms with Gasteiger partial charge in [-0.3, -0.25) is 0 Å². The number of allylic oxidation sites excluding steroid dienone is 3. The van der Waals surface area contributed by atoms with Gasteiger partial charge >= 0.3 is 5.97 Å². The minimum absolute atomic E-state index is 0.139. The van der Waals surface area contributed by atoms with Crippen LogP contribution < -0.4 is 4.74 Å². The van der Waals surface area contributed by atoms with Gasteiger partial charge in [0.15, 0.2) is 5.60 Å². The molecule has 2 aliphatic rings. The monoisotopic (exact) mass is 439 g/mol. The van der Waals surface area contributed by atoms with Gasteiger partial charge in [-0.25, -0.2) is 9.78 Å². The second-order valence-electron chi connectivity index (χ2n) is 8.27. The van der Waals surface area contributed by atoms with Crippen molar-refractivity contribution < 1.29 is 28.5 Å². The Morgan fingerprint density at radius 2 is 2.25 bits per heavy atom. The zero-order valence-electron chi connectivity index (χ0n) is 18.5. The van der Waals surface area contributed by atoms with E-state index in [4.69, 9.17) is 18.6 Å². The third-order valence-electron chi connectivity index (χ3n) is 6.06. The second-order valence-corrected chi connectivity index (χ2v) is 8.27. The van der Waals surface area contributed by atoms with E-state index in [-0.39, 0.29) is 5.92 Å². The van der Waals surface area contributed by atoms with E-state index in [2.05, 4.69) is 4.98 Å². The van der Waals surface area contributed by atoms with Crippen LogP contribution in [0.1, 0.15) is 37.1 Å². The summed E-state index contributed by atoms with van der Waals surface area (Å²) in [5.74, 6) is 2.18. The lowest BCUT2D eigenvalue weighted by Gasteiger charge is -2.27. The Bertz CT molecular complexity index is 1020. The van der Waals surface area contributed by atoms with Crippen molar-refractivity contribution in [1.82, 2.24) is 4.98 Å². The van der Waals surface area contributed by atoms with Gasteiger partial charge in [0, 0.05) is 18.6 Å². The molecule has 1 aromatic carbocycles. The van der Waals surface area contributed by atoms with Gasteiger partial charge in [-0.15, -0.1) is 0 Å². The summed E-state index contributed by atoms with van der Waals surface area (Å²) in [6.45, 7) is 2.90. The van der Waals surface area contributed by atoms with E-state index < -0.39 is 11.6 Å². The summed E-state index contributed by atoms with van der Waals surface area (Å²) in [5.41, 5.74) is 0.698. The first-order chi connectivity index (χ1) is 15.5. The first-order valence-corrected chi connectivity index (χ1v) is 11.0. The van der Waals surface area contributed by atoms with E-state index >= 15 is 0 Å². The molecule has 7 heteroatoms. The largest absolute Gasteiger partial charge is 0.497 e. The van der Waals surface area contributed by atoms with Crippen LogP contribution in [0.2, 0.25) is 0 Å². The Kier molecular flexibility index (Phi) is 6.65. The van der Waals surface area contributed by atoms with Crippen LogP contribution in [0.25, 0.3) is 11.5 Å². The molecule has 170 valence electrons. The number of hydrogen-bond acceptors (Lipinski definition) is 6. The molecule has 1 aromatic heterocycles. The summed E-state index contributed by atoms with van der Waals surface area (Å²) in [7, 11) is 1.63. The van der Waals surface area contributed by atoms with Crippen LogP contribution >= 0.6 is 0 Å². The number of aliphatic carboxylic acids is 1. The molecule has 2 heterocycles. The zero-order chi connectivity index (χ0) is 22.6. The summed E-state index contributed by atoms with van der Waals surface area (Å²) >= 11 is 0. The number of rotatable bonds is 9. The van der Waals surface area contributed by atoms with Crippen LogP contribution in [0, 0.1) is 12.8 Å². The van der Waals surface area contributed by atoms with Gasteiger partial charge in [-0.2, -0.15) is 0 Å². The average Bonchev–Trinajstić information content (AvgIpc) is 3.43. The molecule has 1 N–H and O–H groups in total. The van der Waals surface area contributed by atoms with Crippen LogP contribution in [0.4, 0.5) is 0 Å². The van der Waals surface area contributed by atoms with Gasteiger partial charge in [0.2, 0.25) is 5.89 Å². The summed E-state index contributed by atoms with van der Waals surface area (Å²) < 4.78 is 22.6. The SMILES string of the molecule is COc1cccc(-c2nc(CCOC3=CCC(CC4(C(=O)O)CCCO4)C=C3)c(C)o2)c1. The summed E-state index contributed by atoms with van der Waals surface area (Å²) in [6, 6.07) is 7.62. The first-order valence-electron chi connectivity index (χ1n) is 11.0. The van der Waals surface area contributed by atoms with E-state index in [0.29, 0.717) is 38.4 Å². The molecule has 1 aliphatic heterocycles. The van der Waals surface area contributed by atoms with Gasteiger partial charge in [0.25, 0.3) is 0 Å². The molecule has 32 heavy (non-hydrogen) atoms. The van der Waals surface area contributed by atoms with Crippen LogP contribution in [0.3, 0.4) is 0 Å². The number of aromatic nitrogens is 1. The molecule has 0 saturated carbocycles. The Balaban J connectivity index is 1.29. The number of carboxylic acids is 1. The standard InChI is InChI=1S/C25H29NO6/c1-17-22(26-23(32-17)19-5-3-6-21(15-19)29-2)11-14-30-20-9-7-18(8-10-20)16-25(24(27)28)12-4-13-31-25/h3,5-7,9-10,15,18H,4,8,11-14,16H2,1-2H3,(H,27,28). The number of ether oxygens (including phenoxy) is 3. The molecule has 2 aromatic rings. The fraction of sp³-hybridized carbons (Fsp3) is 0.440. The minimum Gasteiger partial charge on any atom is -0.497 e. The number of carbonyl (C=O) groups is 1. The molecule has 0 bridgehead atoms. The summed E-state index contributed by atoms with van der Waals surface area (Å²) in [6.07, 6.45) is 9.22. The van der Waals surface area contributed by atoms with E-state index in [1.54, 1.807) is 7.11 Å². The van der Waals surface area contributed by atoms with Crippen LogP contribution in [-0.4, -0.2) is 42.0 Å². The van der Waals surface area contributed by atoms with Crippen molar-refractivity contribution in [3.8, 4) is 17.2 Å². The molecule has 7 nitrogen and oxygen atoms in total. The molecule has 0 amide bonds. The normalized spacial score (nSPS) is 22.6. The van der Waals surface area contributed by atoms with E-state index in [1.807, 2.05) is 49.4 Å². The lowest BCUT2D eigenvalue weighted by atomic mass is 9.84. The maximum Gasteiger partial charge on any atom is 0.335 e. The maximum absolute atomic E-state index is 11.7. The van der Waals surface area contributed by atoms with Crippen LogP contribution in [0.15, 0.2) is 52.7 Å². The Morgan fingerprint density at radius 3 is 2.94 bits per heavy atom. The first kappa shape index (κ1) is 22.1. The van der Waals surface area contributed by atoms with Crippen LogP contribution in [-0.2, 0) is 20.7 Å². The highest BCUT2D eigenvalue weighted by Gasteiger charge is 2.44. The van der Waals surface area contributed by atoms with Crippen molar-refractivity contribution in [3.63, 3.8) is 0 Å². The predicted molar refractivity (Wildman–Crippen MR) is 118 cm³/mol. The van der Waals surface area contributed by atoms with Crippen molar-refractivity contribution in [2.24, 2.45) is 5.92 Å². The predicted octanol–water partition coefficient (Wildman–Crippen LogP) is 4.70. The van der Waals surface area contributed by atoms with Crippen molar-refractivity contribution >= 4 is 5.97 Å². The number of hydrogen-bond donors (Lipinski definition) is 1. The number of aryl methyl sites for hydroxylation is 1. The quantitative estimate of drug-likeness (QED) is 0.605. The highest BCUT2D eigenvalue weighted by atomic mass is 16.5. The highest BCUT2D eigenvalue weighted by molar-refractivity contribution is 5.77. The van der Waals surface area contributed by atoms with Gasteiger partial charge < -0.3 is 23.7 Å². The molecule has 1 saturated heterocycles. The molecule has 2 unspecified atom stereocenters. The van der Waals surface area contributed by atoms with E-state index in [9.17, 15) is 9.90 Å². The number of carboxylic acid groups (broad SMARTS) is 1. The third-order valence-corrected chi connectivity index (χ3v) is 6.06. The second kappa shape index (κ2) is 9.61. The number of benzene rings is 1. The number of methoxy groups -OCH3 is 1. The Labute approximate surface area is 187 Å². The highest BCUT2D eigenvalue weighted by Crippen LogP contribution is 2.35. The molecule has 0 radical (unpaired) electrons. The average molecular weight is 440 g/mol. The van der Waals surface area contributed by atoms with E-state index in [1.165, 1.54) is 0 Å². The number of nitrogens with zero attached hydrogens (tertiary/aromatic N) is 1. The molecule has 2 atom stereocenters. The molecule has 4 rings (SSSR count). The van der Waals surface area contributed by atoms with Crippen LogP contribution in [0.5, 0.6) is 5.75 Å². The van der Waals surface area contributed by atoms with E-state index in [0.717, 1.165) is 41.4 Å². The molecule has 1 aliphatic carbocycles. The topological polar surface area (TPSA) is 91.0 Å². The fourth-order valence-corrected chi connectivity index (χ4v) is 4.25. The van der Waals surface area contributed by atoms with Gasteiger partial charge in [-0.1, -0.05) is 12.1 Å². The Morgan fingerprint density at radius 1 is 1.38 bits per heavy atom. The lowest BCUT2D eigenvalue weighted by Crippen LogP contribution is -2.39. The van der Waals surface area contributed by atoms with Crippen molar-refractivity contribution in [2.75, 3.05) is 20.3 Å². The summed E-state index contributed by atoms with van der Waals surface area (Å²) in [4.78, 5) is 16.3. The third kappa shape index (κ3) is 4.88. The van der Waals surface area contributed by atoms with Gasteiger partial charge in [-0.05, 0) is 68.9 Å². The number of oxazole rings is 1. The van der Waals surface area contributed by atoms with Gasteiger partial charge in [0.1, 0.15) is 17.3 Å². The zero-order valence-corrected chi connectivity index (χ0v) is 18.5. The van der Waals surface area contributed by atoms with Gasteiger partial charge in [0.05, 0.1) is 19.4 Å². The van der Waals surface area contributed by atoms with Crippen molar-refractivity contribution in [3.05, 3.63) is 59.7 Å². The minimum atomic E-state index is -1.04. The summed E-state index contributed by atoms with van der Waals surface area (Å²) in [5, 5.41) is 9.58. The molecular weight excluding hydrogens is 410 g/mol. The fourth-order valence-electron chi connectivity index (χ4n) is 4.25. The Hall–Kier alpha value is -3.06. The van der Waals surface area contributed by atoms with Crippen molar-refractivity contribution in [2.45, 2.75) is 44.6 Å². The van der Waals surface area contributed by atoms with Crippen molar-refractivity contribution in [1.29, 1.82) is 0 Å². The maximum atomic E-state index is 11.7. The molecule has 1 fully saturated rings. The molecule has 0 spiro atoms. The lowest BCUT2D eigenvalue weighted by molar-refractivity contribution is -0.161. The molecular formula is C25H29NO6.